The van der Waals surface area contributed by atoms with Crippen molar-refractivity contribution in [2.24, 2.45) is 5.73 Å². The number of rotatable bonds is 4. The molecule has 1 fully saturated rings. The zero-order valence-corrected chi connectivity index (χ0v) is 11.9. The average Bonchev–Trinajstić information content (AvgIpc) is 2.92. The Labute approximate surface area is 121 Å². The minimum Gasteiger partial charge on any atom is -0.384 e. The zero-order chi connectivity index (χ0) is 15.6. The molecule has 1 aliphatic rings. The number of alkyl halides is 3. The molecule has 7 heteroatoms. The van der Waals surface area contributed by atoms with Gasteiger partial charge in [0.25, 0.3) is 0 Å². The van der Waals surface area contributed by atoms with E-state index in [9.17, 15) is 13.2 Å². The molecule has 0 saturated heterocycles. The third-order valence-corrected chi connectivity index (χ3v) is 3.83. The number of nitrogens with one attached hydrogen (secondary N) is 1. The Morgan fingerprint density at radius 1 is 1.38 bits per heavy atom. The maximum absolute atomic E-state index is 12.9. The Hall–Kier alpha value is -1.79. The topological polar surface area (TPSA) is 66.0 Å². The second-order valence-corrected chi connectivity index (χ2v) is 5.20. The first-order valence-corrected chi connectivity index (χ1v) is 7.04. The van der Waals surface area contributed by atoms with Crippen molar-refractivity contribution in [3.8, 4) is 0 Å². The fraction of sp³-hybridized carbons (Fsp3) is 0.571. The monoisotopic (exact) mass is 300 g/mol. The van der Waals surface area contributed by atoms with Crippen molar-refractivity contribution in [1.29, 1.82) is 5.41 Å². The molecule has 0 atom stereocenters. The lowest BCUT2D eigenvalue weighted by atomic mass is 10.1. The van der Waals surface area contributed by atoms with Crippen molar-refractivity contribution in [2.45, 2.75) is 44.8 Å². The summed E-state index contributed by atoms with van der Waals surface area (Å²) >= 11 is 0. The van der Waals surface area contributed by atoms with Crippen molar-refractivity contribution in [3.05, 3.63) is 23.4 Å². The summed E-state index contributed by atoms with van der Waals surface area (Å²) < 4.78 is 38.6. The van der Waals surface area contributed by atoms with Gasteiger partial charge in [0.15, 0.2) is 0 Å². The third kappa shape index (κ3) is 3.28. The zero-order valence-electron chi connectivity index (χ0n) is 11.9. The Morgan fingerprint density at radius 2 is 2.00 bits per heavy atom. The summed E-state index contributed by atoms with van der Waals surface area (Å²) in [5, 5.41) is 7.57. The van der Waals surface area contributed by atoms with E-state index in [1.54, 1.807) is 0 Å². The SMILES string of the molecule is CCN(c1nc(C(F)(F)F)ccc1C(=N)N)C1CCCC1. The van der Waals surface area contributed by atoms with Crippen molar-refractivity contribution < 1.29 is 13.2 Å². The predicted octanol–water partition coefficient (Wildman–Crippen LogP) is 3.15. The number of halogens is 3. The van der Waals surface area contributed by atoms with E-state index in [2.05, 4.69) is 4.98 Å². The molecule has 0 amide bonds. The molecule has 0 aliphatic heterocycles. The van der Waals surface area contributed by atoms with E-state index in [-0.39, 0.29) is 23.3 Å². The van der Waals surface area contributed by atoms with Crippen molar-refractivity contribution >= 4 is 11.7 Å². The van der Waals surface area contributed by atoms with Crippen LogP contribution in [0.4, 0.5) is 19.0 Å². The van der Waals surface area contributed by atoms with Gasteiger partial charge in [-0.25, -0.2) is 4.98 Å². The van der Waals surface area contributed by atoms with Gasteiger partial charge in [-0.15, -0.1) is 0 Å². The average molecular weight is 300 g/mol. The summed E-state index contributed by atoms with van der Waals surface area (Å²) in [6, 6.07) is 2.29. The summed E-state index contributed by atoms with van der Waals surface area (Å²) in [6.07, 6.45) is -0.504. The largest absolute Gasteiger partial charge is 0.433 e. The minimum absolute atomic E-state index is 0.170. The fourth-order valence-corrected chi connectivity index (χ4v) is 2.83. The summed E-state index contributed by atoms with van der Waals surface area (Å²) in [5.41, 5.74) is 4.82. The van der Waals surface area contributed by atoms with E-state index in [0.29, 0.717) is 6.54 Å². The van der Waals surface area contributed by atoms with Crippen LogP contribution in [0.15, 0.2) is 12.1 Å². The molecular weight excluding hydrogens is 281 g/mol. The number of aromatic nitrogens is 1. The first-order chi connectivity index (χ1) is 9.84. The molecule has 0 spiro atoms. The first kappa shape index (κ1) is 15.6. The van der Waals surface area contributed by atoms with E-state index in [1.165, 1.54) is 6.07 Å². The molecule has 1 aromatic heterocycles. The maximum Gasteiger partial charge on any atom is 0.433 e. The molecule has 0 unspecified atom stereocenters. The molecule has 4 nitrogen and oxygen atoms in total. The molecule has 21 heavy (non-hydrogen) atoms. The van der Waals surface area contributed by atoms with E-state index in [4.69, 9.17) is 11.1 Å². The van der Waals surface area contributed by atoms with Crippen LogP contribution in [0.5, 0.6) is 0 Å². The Bertz CT molecular complexity index is 521. The van der Waals surface area contributed by atoms with Gasteiger partial charge in [-0.05, 0) is 31.9 Å². The number of hydrogen-bond acceptors (Lipinski definition) is 3. The number of anilines is 1. The van der Waals surface area contributed by atoms with Crippen LogP contribution in [0.2, 0.25) is 0 Å². The minimum atomic E-state index is -4.50. The predicted molar refractivity (Wildman–Crippen MR) is 75.5 cm³/mol. The quantitative estimate of drug-likeness (QED) is 0.663. The van der Waals surface area contributed by atoms with Gasteiger partial charge in [-0.1, -0.05) is 12.8 Å². The lowest BCUT2D eigenvalue weighted by Gasteiger charge is -2.30. The van der Waals surface area contributed by atoms with Crippen LogP contribution in [0.25, 0.3) is 0 Å². The maximum atomic E-state index is 12.9. The Balaban J connectivity index is 2.48. The van der Waals surface area contributed by atoms with E-state index >= 15 is 0 Å². The summed E-state index contributed by atoms with van der Waals surface area (Å²) in [6.45, 7) is 2.42. The normalized spacial score (nSPS) is 16.2. The molecule has 0 bridgehead atoms. The molecule has 1 saturated carbocycles. The van der Waals surface area contributed by atoms with Gasteiger partial charge < -0.3 is 10.6 Å². The van der Waals surface area contributed by atoms with Crippen molar-refractivity contribution in [2.75, 3.05) is 11.4 Å². The molecule has 1 aliphatic carbocycles. The number of nitrogens with zero attached hydrogens (tertiary/aromatic N) is 2. The lowest BCUT2D eigenvalue weighted by molar-refractivity contribution is -0.141. The second-order valence-electron chi connectivity index (χ2n) is 5.20. The number of hydrogen-bond donors (Lipinski definition) is 2. The van der Waals surface area contributed by atoms with Gasteiger partial charge in [-0.2, -0.15) is 13.2 Å². The molecule has 0 aromatic carbocycles. The Morgan fingerprint density at radius 3 is 2.48 bits per heavy atom. The molecule has 3 N–H and O–H groups in total. The highest BCUT2D eigenvalue weighted by atomic mass is 19.4. The van der Waals surface area contributed by atoms with E-state index in [0.717, 1.165) is 31.7 Å². The van der Waals surface area contributed by atoms with Gasteiger partial charge in [0.2, 0.25) is 0 Å². The van der Waals surface area contributed by atoms with Crippen molar-refractivity contribution in [3.63, 3.8) is 0 Å². The molecule has 1 heterocycles. The first-order valence-electron chi connectivity index (χ1n) is 7.04. The Kier molecular flexibility index (Phi) is 4.39. The molecule has 2 rings (SSSR count). The summed E-state index contributed by atoms with van der Waals surface area (Å²) in [5.74, 6) is -0.0885. The van der Waals surface area contributed by atoms with Gasteiger partial charge in [0, 0.05) is 12.6 Å². The standard InChI is InChI=1S/C14H19F3N4/c1-2-21(9-5-3-4-6-9)13-10(12(18)19)7-8-11(20-13)14(15,16)17/h7-9H,2-6H2,1H3,(H3,18,19). The van der Waals surface area contributed by atoms with Crippen LogP contribution in [0, 0.1) is 5.41 Å². The number of amidine groups is 1. The lowest BCUT2D eigenvalue weighted by Crippen LogP contribution is -2.36. The van der Waals surface area contributed by atoms with E-state index in [1.807, 2.05) is 11.8 Å². The van der Waals surface area contributed by atoms with Crippen LogP contribution in [0.3, 0.4) is 0 Å². The molecule has 116 valence electrons. The van der Waals surface area contributed by atoms with Crippen LogP contribution >= 0.6 is 0 Å². The highest BCUT2D eigenvalue weighted by Crippen LogP contribution is 2.33. The summed E-state index contributed by atoms with van der Waals surface area (Å²) in [4.78, 5) is 5.61. The number of nitrogens with two attached hydrogens (primary N) is 1. The third-order valence-electron chi connectivity index (χ3n) is 3.83. The highest BCUT2D eigenvalue weighted by Gasteiger charge is 2.34. The molecule has 0 radical (unpaired) electrons. The van der Waals surface area contributed by atoms with Gasteiger partial charge in [0.05, 0.1) is 5.56 Å². The summed E-state index contributed by atoms with van der Waals surface area (Å²) in [7, 11) is 0. The number of pyridine rings is 1. The van der Waals surface area contributed by atoms with Crippen LogP contribution < -0.4 is 10.6 Å². The van der Waals surface area contributed by atoms with Crippen molar-refractivity contribution in [1.82, 2.24) is 4.98 Å². The highest BCUT2D eigenvalue weighted by molar-refractivity contribution is 5.99. The van der Waals surface area contributed by atoms with Crippen LogP contribution in [-0.2, 0) is 6.18 Å². The van der Waals surface area contributed by atoms with Crippen LogP contribution in [-0.4, -0.2) is 23.4 Å². The smallest absolute Gasteiger partial charge is 0.384 e. The second kappa shape index (κ2) is 5.91. The van der Waals surface area contributed by atoms with E-state index < -0.39 is 11.9 Å². The van der Waals surface area contributed by atoms with Crippen LogP contribution in [0.1, 0.15) is 43.9 Å². The number of nitrogen functional groups attached to an aromatic ring is 1. The molecular formula is C14H19F3N4. The van der Waals surface area contributed by atoms with Gasteiger partial charge in [0.1, 0.15) is 17.3 Å². The fourth-order valence-electron chi connectivity index (χ4n) is 2.83. The van der Waals surface area contributed by atoms with Gasteiger partial charge >= 0.3 is 6.18 Å². The molecule has 1 aromatic rings. The van der Waals surface area contributed by atoms with Gasteiger partial charge in [-0.3, -0.25) is 5.41 Å².